The molecule has 0 spiro atoms. The predicted octanol–water partition coefficient (Wildman–Crippen LogP) is -0.00500. The van der Waals surface area contributed by atoms with Gasteiger partial charge in [-0.25, -0.2) is 0 Å². The van der Waals surface area contributed by atoms with Crippen molar-refractivity contribution in [2.75, 3.05) is 13.1 Å². The van der Waals surface area contributed by atoms with Gasteiger partial charge in [-0.3, -0.25) is 5.32 Å². The van der Waals surface area contributed by atoms with Crippen LogP contribution in [0.5, 0.6) is 0 Å². The maximum absolute atomic E-state index is 3.56. The molecule has 0 aromatic heterocycles. The Balaban J connectivity index is 1.71. The zero-order valence-corrected chi connectivity index (χ0v) is 6.90. The van der Waals surface area contributed by atoms with E-state index in [4.69, 9.17) is 0 Å². The highest BCUT2D eigenvalue weighted by Gasteiger charge is 2.19. The maximum Gasteiger partial charge on any atom is 0.0584 e. The van der Waals surface area contributed by atoms with E-state index in [1.54, 1.807) is 0 Å². The Hall–Kier alpha value is -0.120. The van der Waals surface area contributed by atoms with E-state index in [1.165, 1.54) is 38.8 Å². The zero-order valence-electron chi connectivity index (χ0n) is 6.90. The molecule has 2 atom stereocenters. The fourth-order valence-corrected chi connectivity index (χ4v) is 1.90. The molecule has 2 fully saturated rings. The number of hydrogen-bond acceptors (Lipinski definition) is 3. The Morgan fingerprint density at radius 1 is 0.909 bits per heavy atom. The summed E-state index contributed by atoms with van der Waals surface area (Å²) in [5, 5.41) is 10.4. The van der Waals surface area contributed by atoms with Crippen LogP contribution in [0.2, 0.25) is 0 Å². The van der Waals surface area contributed by atoms with E-state index in [-0.39, 0.29) is 0 Å². The van der Waals surface area contributed by atoms with Crippen molar-refractivity contribution < 1.29 is 0 Å². The Kier molecular flexibility index (Phi) is 2.41. The minimum atomic E-state index is 0.575. The molecule has 0 aromatic carbocycles. The second-order valence-corrected chi connectivity index (χ2v) is 3.46. The van der Waals surface area contributed by atoms with Crippen LogP contribution in [0.15, 0.2) is 0 Å². The van der Waals surface area contributed by atoms with E-state index in [0.717, 1.165) is 0 Å². The molecule has 0 bridgehead atoms. The summed E-state index contributed by atoms with van der Waals surface area (Å²) in [6, 6.07) is 0. The van der Waals surface area contributed by atoms with E-state index in [9.17, 15) is 0 Å². The minimum absolute atomic E-state index is 0.575. The van der Waals surface area contributed by atoms with E-state index in [1.807, 2.05) is 0 Å². The van der Waals surface area contributed by atoms with E-state index < -0.39 is 0 Å². The molecule has 3 heteroatoms. The van der Waals surface area contributed by atoms with Crippen molar-refractivity contribution in [1.82, 2.24) is 16.0 Å². The van der Waals surface area contributed by atoms with Crippen LogP contribution in [0.1, 0.15) is 25.7 Å². The highest BCUT2D eigenvalue weighted by molar-refractivity contribution is 4.79. The van der Waals surface area contributed by atoms with Crippen molar-refractivity contribution >= 4 is 0 Å². The molecule has 0 aliphatic carbocycles. The summed E-state index contributed by atoms with van der Waals surface area (Å²) in [5.41, 5.74) is 0. The lowest BCUT2D eigenvalue weighted by atomic mass is 10.3. The van der Waals surface area contributed by atoms with Crippen molar-refractivity contribution in [2.45, 2.75) is 38.0 Å². The first-order chi connectivity index (χ1) is 5.45. The molecular weight excluding hydrogens is 138 g/mol. The van der Waals surface area contributed by atoms with Crippen molar-refractivity contribution in [1.29, 1.82) is 0 Å². The van der Waals surface area contributed by atoms with Crippen molar-refractivity contribution in [2.24, 2.45) is 0 Å². The van der Waals surface area contributed by atoms with Gasteiger partial charge in [0.1, 0.15) is 0 Å². The van der Waals surface area contributed by atoms with Crippen LogP contribution in [0.25, 0.3) is 0 Å². The molecule has 2 unspecified atom stereocenters. The Bertz CT molecular complexity index is 101. The summed E-state index contributed by atoms with van der Waals surface area (Å²) in [7, 11) is 0. The highest BCUT2D eigenvalue weighted by Crippen LogP contribution is 2.07. The Morgan fingerprint density at radius 3 is 1.82 bits per heavy atom. The Labute approximate surface area is 67.9 Å². The van der Waals surface area contributed by atoms with Crippen LogP contribution < -0.4 is 16.0 Å². The molecule has 2 aliphatic heterocycles. The molecule has 0 saturated carbocycles. The third-order valence-electron chi connectivity index (χ3n) is 2.52. The molecule has 3 N–H and O–H groups in total. The average Bonchev–Trinajstić information content (AvgIpc) is 2.60. The first-order valence-corrected chi connectivity index (χ1v) is 4.68. The van der Waals surface area contributed by atoms with Crippen LogP contribution in [0, 0.1) is 0 Å². The van der Waals surface area contributed by atoms with Gasteiger partial charge in [0, 0.05) is 0 Å². The van der Waals surface area contributed by atoms with Gasteiger partial charge in [-0.05, 0) is 38.8 Å². The number of rotatable bonds is 2. The minimum Gasteiger partial charge on any atom is -0.302 e. The summed E-state index contributed by atoms with van der Waals surface area (Å²) in [6.45, 7) is 2.37. The van der Waals surface area contributed by atoms with Gasteiger partial charge in [0.25, 0.3) is 0 Å². The standard InChI is InChI=1S/C8H17N3/c1-3-7(9-5-1)11-8-4-2-6-10-8/h7-11H,1-6H2. The van der Waals surface area contributed by atoms with Crippen molar-refractivity contribution in [3.05, 3.63) is 0 Å². The van der Waals surface area contributed by atoms with Crippen LogP contribution in [0.4, 0.5) is 0 Å². The van der Waals surface area contributed by atoms with Gasteiger partial charge in [-0.1, -0.05) is 0 Å². The molecule has 2 aliphatic rings. The molecular formula is C8H17N3. The van der Waals surface area contributed by atoms with Gasteiger partial charge < -0.3 is 10.6 Å². The lowest BCUT2D eigenvalue weighted by molar-refractivity contribution is 0.386. The number of nitrogens with one attached hydrogen (secondary N) is 3. The lowest BCUT2D eigenvalue weighted by Crippen LogP contribution is -2.47. The molecule has 0 radical (unpaired) electrons. The predicted molar refractivity (Wildman–Crippen MR) is 45.2 cm³/mol. The summed E-state index contributed by atoms with van der Waals surface area (Å²) in [6.07, 6.45) is 6.38. The normalized spacial score (nSPS) is 38.2. The zero-order chi connectivity index (χ0) is 7.52. The topological polar surface area (TPSA) is 36.1 Å². The van der Waals surface area contributed by atoms with Gasteiger partial charge in [0.05, 0.1) is 12.3 Å². The monoisotopic (exact) mass is 155 g/mol. The van der Waals surface area contributed by atoms with Crippen LogP contribution in [0.3, 0.4) is 0 Å². The van der Waals surface area contributed by atoms with Gasteiger partial charge >= 0.3 is 0 Å². The van der Waals surface area contributed by atoms with E-state index >= 15 is 0 Å². The first-order valence-electron chi connectivity index (χ1n) is 4.68. The second-order valence-electron chi connectivity index (χ2n) is 3.46. The van der Waals surface area contributed by atoms with Crippen molar-refractivity contribution in [3.63, 3.8) is 0 Å². The fraction of sp³-hybridized carbons (Fsp3) is 1.00. The smallest absolute Gasteiger partial charge is 0.0584 e. The fourth-order valence-electron chi connectivity index (χ4n) is 1.90. The largest absolute Gasteiger partial charge is 0.302 e. The van der Waals surface area contributed by atoms with Crippen molar-refractivity contribution in [3.8, 4) is 0 Å². The first kappa shape index (κ1) is 7.53. The third kappa shape index (κ3) is 1.92. The Morgan fingerprint density at radius 2 is 1.45 bits per heavy atom. The van der Waals surface area contributed by atoms with Gasteiger partial charge in [-0.2, -0.15) is 0 Å². The van der Waals surface area contributed by atoms with Gasteiger partial charge in [-0.15, -0.1) is 0 Å². The molecule has 3 nitrogen and oxygen atoms in total. The average molecular weight is 155 g/mol. The summed E-state index contributed by atoms with van der Waals surface area (Å²) >= 11 is 0. The molecule has 2 rings (SSSR count). The lowest BCUT2D eigenvalue weighted by Gasteiger charge is -2.18. The van der Waals surface area contributed by atoms with E-state index in [0.29, 0.717) is 12.3 Å². The van der Waals surface area contributed by atoms with Crippen LogP contribution in [-0.4, -0.2) is 25.4 Å². The molecule has 0 aromatic rings. The summed E-state index contributed by atoms with van der Waals surface area (Å²) in [4.78, 5) is 0. The summed E-state index contributed by atoms with van der Waals surface area (Å²) < 4.78 is 0. The molecule has 64 valence electrons. The summed E-state index contributed by atoms with van der Waals surface area (Å²) in [5.74, 6) is 0. The quantitative estimate of drug-likeness (QED) is 0.525. The third-order valence-corrected chi connectivity index (χ3v) is 2.52. The van der Waals surface area contributed by atoms with E-state index in [2.05, 4.69) is 16.0 Å². The molecule has 0 amide bonds. The number of hydrogen-bond donors (Lipinski definition) is 3. The van der Waals surface area contributed by atoms with Gasteiger partial charge in [0.15, 0.2) is 0 Å². The second kappa shape index (κ2) is 3.52. The maximum atomic E-state index is 3.56. The van der Waals surface area contributed by atoms with Gasteiger partial charge in [0.2, 0.25) is 0 Å². The highest BCUT2D eigenvalue weighted by atomic mass is 15.2. The molecule has 11 heavy (non-hydrogen) atoms. The molecule has 2 saturated heterocycles. The molecule has 2 heterocycles. The van der Waals surface area contributed by atoms with Crippen LogP contribution >= 0.6 is 0 Å². The SMILES string of the molecule is C1CNC(NC2CCCN2)C1. The van der Waals surface area contributed by atoms with Crippen LogP contribution in [-0.2, 0) is 0 Å².